The fourth-order valence-corrected chi connectivity index (χ4v) is 4.48. The number of aliphatic hydroxyl groups is 1. The van der Waals surface area contributed by atoms with Gasteiger partial charge in [0.25, 0.3) is 0 Å². The molecule has 1 aromatic carbocycles. The first-order valence-corrected chi connectivity index (χ1v) is 7.36. The fourth-order valence-electron chi connectivity index (χ4n) is 3.94. The summed E-state index contributed by atoms with van der Waals surface area (Å²) in [5.74, 6) is 0.893. The molecular formula is C15H15Cl2NO. The van der Waals surface area contributed by atoms with Crippen molar-refractivity contribution in [3.8, 4) is 6.07 Å². The van der Waals surface area contributed by atoms with Crippen LogP contribution in [0.25, 0.3) is 0 Å². The molecular weight excluding hydrogens is 281 g/mol. The van der Waals surface area contributed by atoms with Crippen LogP contribution in [0.2, 0.25) is 10.0 Å². The van der Waals surface area contributed by atoms with Crippen LogP contribution in [0, 0.1) is 28.6 Å². The Morgan fingerprint density at radius 1 is 1.26 bits per heavy atom. The van der Waals surface area contributed by atoms with Crippen LogP contribution in [-0.2, 0) is 0 Å². The van der Waals surface area contributed by atoms with Gasteiger partial charge < -0.3 is 5.11 Å². The van der Waals surface area contributed by atoms with Crippen LogP contribution in [0.15, 0.2) is 18.2 Å². The largest absolute Gasteiger partial charge is 0.387 e. The lowest BCUT2D eigenvalue weighted by molar-refractivity contribution is 0.0233. The van der Waals surface area contributed by atoms with E-state index >= 15 is 0 Å². The molecule has 0 spiro atoms. The number of benzene rings is 1. The van der Waals surface area contributed by atoms with E-state index in [1.54, 1.807) is 18.2 Å². The monoisotopic (exact) mass is 295 g/mol. The summed E-state index contributed by atoms with van der Waals surface area (Å²) in [5, 5.41) is 21.3. The van der Waals surface area contributed by atoms with E-state index in [0.29, 0.717) is 27.4 Å². The zero-order chi connectivity index (χ0) is 13.6. The molecule has 2 aliphatic rings. The summed E-state index contributed by atoms with van der Waals surface area (Å²) >= 11 is 12.0. The van der Waals surface area contributed by atoms with Gasteiger partial charge in [-0.25, -0.2) is 0 Å². The lowest BCUT2D eigenvalue weighted by atomic mass is 9.68. The minimum Gasteiger partial charge on any atom is -0.387 e. The van der Waals surface area contributed by atoms with Crippen LogP contribution in [0.1, 0.15) is 37.4 Å². The van der Waals surface area contributed by atoms with Crippen LogP contribution < -0.4 is 0 Å². The van der Waals surface area contributed by atoms with Gasteiger partial charge in [0.1, 0.15) is 0 Å². The summed E-state index contributed by atoms with van der Waals surface area (Å²) in [4.78, 5) is 0. The SMILES string of the molecule is N#CC1(C(O)c2cc(Cl)cc(Cl)c2)CC2CCC1C2. The second-order valence-corrected chi connectivity index (χ2v) is 6.71. The Kier molecular flexibility index (Phi) is 3.25. The number of hydrogen-bond acceptors (Lipinski definition) is 2. The van der Waals surface area contributed by atoms with E-state index in [-0.39, 0.29) is 0 Å². The second kappa shape index (κ2) is 4.66. The van der Waals surface area contributed by atoms with Gasteiger partial charge in [-0.3, -0.25) is 0 Å². The third-order valence-corrected chi connectivity index (χ3v) is 5.23. The number of aliphatic hydroxyl groups excluding tert-OH is 1. The predicted octanol–water partition coefficient (Wildman–Crippen LogP) is 4.36. The maximum absolute atomic E-state index is 10.7. The molecule has 2 bridgehead atoms. The average molecular weight is 296 g/mol. The smallest absolute Gasteiger partial charge is 0.0980 e. The zero-order valence-corrected chi connectivity index (χ0v) is 12.0. The van der Waals surface area contributed by atoms with Gasteiger partial charge in [-0.1, -0.05) is 29.6 Å². The van der Waals surface area contributed by atoms with Crippen molar-refractivity contribution in [3.63, 3.8) is 0 Å². The lowest BCUT2D eigenvalue weighted by Crippen LogP contribution is -2.33. The van der Waals surface area contributed by atoms with Gasteiger partial charge in [-0.2, -0.15) is 5.26 Å². The molecule has 0 aliphatic heterocycles. The van der Waals surface area contributed by atoms with Crippen molar-refractivity contribution in [3.05, 3.63) is 33.8 Å². The molecule has 2 saturated carbocycles. The first kappa shape index (κ1) is 13.2. The van der Waals surface area contributed by atoms with Gasteiger partial charge >= 0.3 is 0 Å². The molecule has 1 N–H and O–H groups in total. The topological polar surface area (TPSA) is 44.0 Å². The van der Waals surface area contributed by atoms with E-state index in [0.717, 1.165) is 19.3 Å². The van der Waals surface area contributed by atoms with Crippen molar-refractivity contribution in [2.45, 2.75) is 31.8 Å². The molecule has 2 fully saturated rings. The highest BCUT2D eigenvalue weighted by atomic mass is 35.5. The van der Waals surface area contributed by atoms with Gasteiger partial charge in [0, 0.05) is 10.0 Å². The van der Waals surface area contributed by atoms with Crippen LogP contribution >= 0.6 is 23.2 Å². The van der Waals surface area contributed by atoms with Crippen molar-refractivity contribution in [1.29, 1.82) is 5.26 Å². The summed E-state index contributed by atoms with van der Waals surface area (Å²) in [6.07, 6.45) is 3.29. The highest BCUT2D eigenvalue weighted by Gasteiger charge is 2.55. The first-order chi connectivity index (χ1) is 9.05. The normalized spacial score (nSPS) is 34.2. The number of hydrogen-bond donors (Lipinski definition) is 1. The van der Waals surface area contributed by atoms with Crippen molar-refractivity contribution < 1.29 is 5.11 Å². The summed E-state index contributed by atoms with van der Waals surface area (Å²) < 4.78 is 0. The molecule has 4 atom stereocenters. The van der Waals surface area contributed by atoms with Crippen LogP contribution in [0.5, 0.6) is 0 Å². The van der Waals surface area contributed by atoms with Gasteiger partial charge in [0.15, 0.2) is 0 Å². The predicted molar refractivity (Wildman–Crippen MR) is 74.9 cm³/mol. The summed E-state index contributed by atoms with van der Waals surface area (Å²) in [5.41, 5.74) is 0.00306. The molecule has 1 aromatic rings. The van der Waals surface area contributed by atoms with Crippen LogP contribution in [0.4, 0.5) is 0 Å². The molecule has 0 heterocycles. The standard InChI is InChI=1S/C15H15Cl2NO/c16-12-4-10(5-13(17)6-12)14(19)15(8-18)7-9-1-2-11(15)3-9/h4-6,9,11,14,19H,1-3,7H2. The molecule has 2 aliphatic carbocycles. The van der Waals surface area contributed by atoms with E-state index in [2.05, 4.69) is 6.07 Å². The molecule has 19 heavy (non-hydrogen) atoms. The van der Waals surface area contributed by atoms with Gasteiger partial charge in [0.2, 0.25) is 0 Å². The third kappa shape index (κ3) is 2.05. The molecule has 2 nitrogen and oxygen atoms in total. The van der Waals surface area contributed by atoms with Crippen LogP contribution in [-0.4, -0.2) is 5.11 Å². The van der Waals surface area contributed by atoms with Crippen molar-refractivity contribution in [2.75, 3.05) is 0 Å². The quantitative estimate of drug-likeness (QED) is 0.881. The molecule has 4 heteroatoms. The Balaban J connectivity index is 1.98. The number of fused-ring (bicyclic) bond motifs is 2. The average Bonchev–Trinajstić information content (AvgIpc) is 2.97. The molecule has 100 valence electrons. The number of nitrogens with zero attached hydrogens (tertiary/aromatic N) is 1. The van der Waals surface area contributed by atoms with E-state index in [1.165, 1.54) is 6.42 Å². The Morgan fingerprint density at radius 3 is 2.42 bits per heavy atom. The molecule has 0 aromatic heterocycles. The van der Waals surface area contributed by atoms with E-state index in [9.17, 15) is 10.4 Å². The minimum absolute atomic E-state index is 0.301. The summed E-state index contributed by atoms with van der Waals surface area (Å²) in [7, 11) is 0. The second-order valence-electron chi connectivity index (χ2n) is 5.84. The molecule has 0 amide bonds. The molecule has 4 unspecified atom stereocenters. The Bertz CT molecular complexity index is 533. The summed E-state index contributed by atoms with van der Waals surface area (Å²) in [6.45, 7) is 0. The third-order valence-electron chi connectivity index (χ3n) is 4.79. The highest BCUT2D eigenvalue weighted by molar-refractivity contribution is 6.34. The maximum Gasteiger partial charge on any atom is 0.0980 e. The van der Waals surface area contributed by atoms with Crippen molar-refractivity contribution in [1.82, 2.24) is 0 Å². The highest BCUT2D eigenvalue weighted by Crippen LogP contribution is 2.60. The number of halogens is 2. The fraction of sp³-hybridized carbons (Fsp3) is 0.533. The number of nitriles is 1. The summed E-state index contributed by atoms with van der Waals surface area (Å²) in [6, 6.07) is 7.47. The zero-order valence-electron chi connectivity index (χ0n) is 10.4. The van der Waals surface area contributed by atoms with Gasteiger partial charge in [-0.15, -0.1) is 0 Å². The first-order valence-electron chi connectivity index (χ1n) is 6.60. The Morgan fingerprint density at radius 2 is 1.95 bits per heavy atom. The van der Waals surface area contributed by atoms with E-state index < -0.39 is 11.5 Å². The van der Waals surface area contributed by atoms with E-state index in [4.69, 9.17) is 23.2 Å². The molecule has 0 radical (unpaired) electrons. The minimum atomic E-state index is -0.802. The van der Waals surface area contributed by atoms with Crippen LogP contribution in [0.3, 0.4) is 0 Å². The molecule has 0 saturated heterocycles. The number of rotatable bonds is 2. The molecule has 3 rings (SSSR count). The van der Waals surface area contributed by atoms with Gasteiger partial charge in [-0.05, 0) is 54.9 Å². The van der Waals surface area contributed by atoms with Gasteiger partial charge in [0.05, 0.1) is 17.6 Å². The maximum atomic E-state index is 10.7. The lowest BCUT2D eigenvalue weighted by Gasteiger charge is -2.35. The van der Waals surface area contributed by atoms with E-state index in [1.807, 2.05) is 0 Å². The Hall–Kier alpha value is -0.750. The Labute approximate surface area is 122 Å². The van der Waals surface area contributed by atoms with Crippen molar-refractivity contribution in [2.24, 2.45) is 17.3 Å². The van der Waals surface area contributed by atoms with Crippen molar-refractivity contribution >= 4 is 23.2 Å².